The van der Waals surface area contributed by atoms with Gasteiger partial charge < -0.3 is 9.47 Å². The van der Waals surface area contributed by atoms with Gasteiger partial charge >= 0.3 is 0 Å². The molecule has 4 radical (unpaired) electrons. The van der Waals surface area contributed by atoms with Crippen molar-refractivity contribution in [1.29, 1.82) is 0 Å². The highest BCUT2D eigenvalue weighted by Gasteiger charge is 2.30. The molecule has 2 aromatic rings. The van der Waals surface area contributed by atoms with E-state index in [-0.39, 0.29) is 4.90 Å². The van der Waals surface area contributed by atoms with Crippen LogP contribution in [0.5, 0.6) is 11.5 Å². The van der Waals surface area contributed by atoms with Crippen molar-refractivity contribution >= 4 is 25.8 Å². The van der Waals surface area contributed by atoms with Crippen molar-refractivity contribution in [2.75, 3.05) is 0 Å². The Bertz CT molecular complexity index is 878. The van der Waals surface area contributed by atoms with Crippen LogP contribution in [0.4, 0.5) is 0 Å². The first-order chi connectivity index (χ1) is 11.6. The Hall–Kier alpha value is -1.92. The van der Waals surface area contributed by atoms with Crippen molar-refractivity contribution in [2.24, 2.45) is 0 Å². The van der Waals surface area contributed by atoms with E-state index in [1.807, 2.05) is 6.92 Å². The van der Waals surface area contributed by atoms with Crippen LogP contribution in [-0.4, -0.2) is 35.8 Å². The van der Waals surface area contributed by atoms with E-state index in [2.05, 4.69) is 0 Å². The van der Waals surface area contributed by atoms with Gasteiger partial charge in [0, 0.05) is 0 Å². The lowest BCUT2D eigenvalue weighted by molar-refractivity contribution is 0.0833. The largest absolute Gasteiger partial charge is 0.468 e. The van der Waals surface area contributed by atoms with Gasteiger partial charge in [-0.25, -0.2) is 0 Å². The average molecular weight is 354 g/mol. The second-order valence-electron chi connectivity index (χ2n) is 6.08. The summed E-state index contributed by atoms with van der Waals surface area (Å²) in [5, 5.41) is 0. The Labute approximate surface area is 150 Å². The lowest BCUT2D eigenvalue weighted by Crippen LogP contribution is -2.39. The molecule has 8 heteroatoms. The quantitative estimate of drug-likeness (QED) is 0.608. The van der Waals surface area contributed by atoms with Crippen molar-refractivity contribution in [3.05, 3.63) is 53.6 Å². The molecular formula is C17H16B2O5S. The summed E-state index contributed by atoms with van der Waals surface area (Å²) in [6.45, 7) is 3.57. The van der Waals surface area contributed by atoms with Crippen LogP contribution in [0.1, 0.15) is 18.1 Å². The third-order valence-corrected chi connectivity index (χ3v) is 5.10. The summed E-state index contributed by atoms with van der Waals surface area (Å²) in [4.78, 5) is 0.131. The van der Waals surface area contributed by atoms with E-state index in [4.69, 9.17) is 29.3 Å². The van der Waals surface area contributed by atoms with Crippen LogP contribution in [0, 0.1) is 6.92 Å². The van der Waals surface area contributed by atoms with Gasteiger partial charge in [0.15, 0.2) is 32.8 Å². The summed E-state index contributed by atoms with van der Waals surface area (Å²) in [5.74, 6) is 0.852. The van der Waals surface area contributed by atoms with Crippen LogP contribution < -0.4 is 9.47 Å². The molecule has 3 rings (SSSR count). The Morgan fingerprint density at radius 3 is 2.40 bits per heavy atom. The van der Waals surface area contributed by atoms with Gasteiger partial charge in [-0.15, -0.1) is 0 Å². The highest BCUT2D eigenvalue weighted by Crippen LogP contribution is 2.37. The molecule has 1 aliphatic heterocycles. The minimum Gasteiger partial charge on any atom is -0.468 e. The molecule has 1 heterocycles. The molecule has 2 aromatic carbocycles. The molecule has 0 N–H and O–H groups in total. The number of fused-ring (bicyclic) bond motifs is 1. The van der Waals surface area contributed by atoms with E-state index in [1.54, 1.807) is 37.3 Å². The van der Waals surface area contributed by atoms with Gasteiger partial charge in [0.25, 0.3) is 10.1 Å². The molecule has 5 nitrogen and oxygen atoms in total. The highest BCUT2D eigenvalue weighted by atomic mass is 32.2. The summed E-state index contributed by atoms with van der Waals surface area (Å²) in [7, 11) is 7.31. The van der Waals surface area contributed by atoms with Crippen molar-refractivity contribution in [3.63, 3.8) is 0 Å². The van der Waals surface area contributed by atoms with Crippen LogP contribution in [0.15, 0.2) is 47.4 Å². The molecule has 0 fully saturated rings. The van der Waals surface area contributed by atoms with E-state index >= 15 is 0 Å². The van der Waals surface area contributed by atoms with Crippen LogP contribution >= 0.6 is 0 Å². The zero-order valence-corrected chi connectivity index (χ0v) is 14.7. The highest BCUT2D eigenvalue weighted by molar-refractivity contribution is 7.86. The van der Waals surface area contributed by atoms with Gasteiger partial charge in [-0.2, -0.15) is 8.42 Å². The molecule has 1 atom stereocenters. The van der Waals surface area contributed by atoms with Gasteiger partial charge in [0.1, 0.15) is 0 Å². The van der Waals surface area contributed by atoms with E-state index < -0.39 is 21.8 Å². The lowest BCUT2D eigenvalue weighted by Gasteiger charge is -2.18. The first kappa shape index (κ1) is 17.9. The molecule has 1 aliphatic rings. The third-order valence-electron chi connectivity index (χ3n) is 3.67. The monoisotopic (exact) mass is 354 g/mol. The van der Waals surface area contributed by atoms with Gasteiger partial charge in [-0.05, 0) is 50.1 Å². The zero-order chi connectivity index (χ0) is 18.2. The fourth-order valence-corrected chi connectivity index (χ4v) is 3.63. The molecule has 0 saturated carbocycles. The number of hydrogen-bond acceptors (Lipinski definition) is 5. The van der Waals surface area contributed by atoms with Crippen LogP contribution in [0.2, 0.25) is 0 Å². The molecule has 0 aliphatic carbocycles. The molecular weight excluding hydrogens is 338 g/mol. The Morgan fingerprint density at radius 2 is 1.72 bits per heavy atom. The molecule has 0 aromatic heterocycles. The zero-order valence-electron chi connectivity index (χ0n) is 13.9. The molecule has 0 unspecified atom stereocenters. The maximum atomic E-state index is 12.3. The fraction of sp³-hybridized carbons (Fsp3) is 0.294. The maximum Gasteiger partial charge on any atom is 0.297 e. The first-order valence-corrected chi connectivity index (χ1v) is 9.14. The van der Waals surface area contributed by atoms with E-state index in [0.717, 1.165) is 11.1 Å². The van der Waals surface area contributed by atoms with Crippen molar-refractivity contribution in [2.45, 2.75) is 36.9 Å². The Morgan fingerprint density at radius 1 is 1.08 bits per heavy atom. The number of aryl methyl sites for hydroxylation is 1. The summed E-state index contributed by atoms with van der Waals surface area (Å²) in [6, 6.07) is 11.7. The van der Waals surface area contributed by atoms with E-state index in [1.165, 1.54) is 12.1 Å². The smallest absolute Gasteiger partial charge is 0.297 e. The average Bonchev–Trinajstić information content (AvgIpc) is 2.80. The van der Waals surface area contributed by atoms with E-state index in [0.29, 0.717) is 17.9 Å². The Kier molecular flexibility index (Phi) is 4.60. The van der Waals surface area contributed by atoms with Crippen LogP contribution in [0.25, 0.3) is 0 Å². The Balaban J connectivity index is 1.69. The predicted molar refractivity (Wildman–Crippen MR) is 94.6 cm³/mol. The van der Waals surface area contributed by atoms with E-state index in [9.17, 15) is 8.42 Å². The lowest BCUT2D eigenvalue weighted by atomic mass is 9.76. The van der Waals surface area contributed by atoms with Crippen molar-refractivity contribution in [3.8, 4) is 11.5 Å². The molecule has 0 bridgehead atoms. The molecule has 25 heavy (non-hydrogen) atoms. The fourth-order valence-electron chi connectivity index (χ4n) is 2.55. The molecule has 0 amide bonds. The SMILES string of the molecule is [B]C1([B])Oc2ccc(C[C@@H](C)OS(=O)(=O)c3ccc(C)cc3)cc2O1. The summed E-state index contributed by atoms with van der Waals surface area (Å²) in [5.41, 5.74) is 0.104. The van der Waals surface area contributed by atoms with Gasteiger partial charge in [0.05, 0.1) is 11.0 Å². The minimum atomic E-state index is -3.82. The third kappa shape index (κ3) is 4.19. The number of hydrogen-bond donors (Lipinski definition) is 0. The molecule has 126 valence electrons. The van der Waals surface area contributed by atoms with Crippen LogP contribution in [0.3, 0.4) is 0 Å². The summed E-state index contributed by atoms with van der Waals surface area (Å²) >= 11 is 0. The number of rotatable bonds is 5. The normalized spacial score (nSPS) is 16.6. The van der Waals surface area contributed by atoms with Crippen molar-refractivity contribution in [1.82, 2.24) is 0 Å². The summed E-state index contributed by atoms with van der Waals surface area (Å²) in [6.07, 6.45) is -0.198. The topological polar surface area (TPSA) is 61.8 Å². The standard InChI is InChI=1S/C17H16B2O5S/c1-11-3-6-14(7-4-11)25(20,21)24-12(2)9-13-5-8-15-16(10-13)23-17(18,19)22-15/h3-8,10,12H,9H2,1-2H3/t12-/m1/s1. The van der Waals surface area contributed by atoms with Gasteiger partial charge in [-0.1, -0.05) is 23.8 Å². The number of ether oxygens (including phenoxy) is 2. The van der Waals surface area contributed by atoms with Crippen LogP contribution in [-0.2, 0) is 20.7 Å². The second kappa shape index (κ2) is 6.42. The second-order valence-corrected chi connectivity index (χ2v) is 7.66. The van der Waals surface area contributed by atoms with Gasteiger partial charge in [-0.3, -0.25) is 4.18 Å². The minimum absolute atomic E-state index is 0.131. The number of benzene rings is 2. The van der Waals surface area contributed by atoms with Crippen molar-refractivity contribution < 1.29 is 22.1 Å². The predicted octanol–water partition coefficient (Wildman–Crippen LogP) is 2.05. The maximum absolute atomic E-state index is 12.3. The first-order valence-electron chi connectivity index (χ1n) is 7.73. The summed E-state index contributed by atoms with van der Waals surface area (Å²) < 4.78 is 40.4. The van der Waals surface area contributed by atoms with Gasteiger partial charge in [0.2, 0.25) is 0 Å². The molecule has 0 spiro atoms. The molecule has 0 saturated heterocycles.